The van der Waals surface area contributed by atoms with Gasteiger partial charge in [0.1, 0.15) is 5.75 Å². The number of amides is 1. The highest BCUT2D eigenvalue weighted by atomic mass is 16.5. The number of fused-ring (bicyclic) bond motifs is 1. The molecule has 1 amide bonds. The van der Waals surface area contributed by atoms with Crippen molar-refractivity contribution in [2.45, 2.75) is 13.3 Å². The number of anilines is 1. The Labute approximate surface area is 157 Å². The van der Waals surface area contributed by atoms with E-state index in [-0.39, 0.29) is 18.9 Å². The van der Waals surface area contributed by atoms with Crippen LogP contribution in [0.3, 0.4) is 0 Å². The van der Waals surface area contributed by atoms with Crippen molar-refractivity contribution in [3.8, 4) is 5.75 Å². The molecule has 0 heterocycles. The third-order valence-electron chi connectivity index (χ3n) is 4.17. The van der Waals surface area contributed by atoms with Crippen LogP contribution in [0.1, 0.15) is 11.1 Å². The van der Waals surface area contributed by atoms with Gasteiger partial charge < -0.3 is 14.8 Å². The quantitative estimate of drug-likeness (QED) is 0.675. The number of benzene rings is 3. The molecule has 0 spiro atoms. The number of aryl methyl sites for hydroxylation is 1. The molecule has 0 unspecified atom stereocenters. The van der Waals surface area contributed by atoms with Crippen molar-refractivity contribution in [2.24, 2.45) is 0 Å². The first-order valence-corrected chi connectivity index (χ1v) is 8.63. The van der Waals surface area contributed by atoms with E-state index in [1.54, 1.807) is 7.11 Å². The van der Waals surface area contributed by atoms with Crippen molar-refractivity contribution in [2.75, 3.05) is 19.0 Å². The van der Waals surface area contributed by atoms with Gasteiger partial charge in [-0.15, -0.1) is 0 Å². The van der Waals surface area contributed by atoms with Gasteiger partial charge >= 0.3 is 5.97 Å². The minimum absolute atomic E-state index is 0.0497. The Morgan fingerprint density at radius 2 is 1.74 bits per heavy atom. The average Bonchev–Trinajstić information content (AvgIpc) is 2.66. The smallest absolute Gasteiger partial charge is 0.310 e. The molecule has 0 aromatic heterocycles. The number of hydrogen-bond donors (Lipinski definition) is 1. The fraction of sp³-hybridized carbons (Fsp3) is 0.182. The highest BCUT2D eigenvalue weighted by Gasteiger charge is 2.12. The topological polar surface area (TPSA) is 64.6 Å². The van der Waals surface area contributed by atoms with Crippen LogP contribution in [0, 0.1) is 6.92 Å². The monoisotopic (exact) mass is 363 g/mol. The Kier molecular flexibility index (Phi) is 5.71. The van der Waals surface area contributed by atoms with E-state index in [1.165, 1.54) is 0 Å². The van der Waals surface area contributed by atoms with Crippen LogP contribution in [0.4, 0.5) is 5.69 Å². The lowest BCUT2D eigenvalue weighted by Crippen LogP contribution is -2.21. The van der Waals surface area contributed by atoms with Crippen molar-refractivity contribution in [3.05, 3.63) is 71.8 Å². The summed E-state index contributed by atoms with van der Waals surface area (Å²) in [7, 11) is 1.55. The summed E-state index contributed by atoms with van der Waals surface area (Å²) in [5.41, 5.74) is 2.42. The van der Waals surface area contributed by atoms with E-state index in [4.69, 9.17) is 9.47 Å². The number of rotatable bonds is 6. The summed E-state index contributed by atoms with van der Waals surface area (Å²) in [6.07, 6.45) is 0.0497. The van der Waals surface area contributed by atoms with E-state index in [1.807, 2.05) is 67.6 Å². The Morgan fingerprint density at radius 3 is 2.52 bits per heavy atom. The zero-order valence-electron chi connectivity index (χ0n) is 15.3. The van der Waals surface area contributed by atoms with E-state index in [0.29, 0.717) is 11.4 Å². The van der Waals surface area contributed by atoms with Gasteiger partial charge in [0.2, 0.25) is 0 Å². The van der Waals surface area contributed by atoms with Gasteiger partial charge in [-0.1, -0.05) is 48.0 Å². The molecule has 3 rings (SSSR count). The molecule has 0 aliphatic rings. The van der Waals surface area contributed by atoms with Crippen LogP contribution in [-0.4, -0.2) is 25.6 Å². The van der Waals surface area contributed by atoms with Gasteiger partial charge in [-0.25, -0.2) is 0 Å². The van der Waals surface area contributed by atoms with Gasteiger partial charge in [0.05, 0.1) is 13.5 Å². The first-order valence-electron chi connectivity index (χ1n) is 8.63. The SMILES string of the molecule is COc1ccc(C)cc1CC(=O)OCC(=O)Nc1ccc2ccccc2c1. The van der Waals surface area contributed by atoms with Crippen LogP contribution < -0.4 is 10.1 Å². The number of nitrogens with one attached hydrogen (secondary N) is 1. The fourth-order valence-electron chi connectivity index (χ4n) is 2.86. The van der Waals surface area contributed by atoms with Gasteiger partial charge in [0.25, 0.3) is 5.91 Å². The summed E-state index contributed by atoms with van der Waals surface area (Å²) in [5.74, 6) is -0.236. The third-order valence-corrected chi connectivity index (χ3v) is 4.17. The molecule has 0 bridgehead atoms. The van der Waals surface area contributed by atoms with E-state index in [0.717, 1.165) is 21.9 Å². The second-order valence-electron chi connectivity index (χ2n) is 6.26. The molecule has 138 valence electrons. The highest BCUT2D eigenvalue weighted by molar-refractivity contribution is 5.95. The van der Waals surface area contributed by atoms with Crippen LogP contribution in [0.15, 0.2) is 60.7 Å². The van der Waals surface area contributed by atoms with E-state index < -0.39 is 5.97 Å². The normalized spacial score (nSPS) is 10.4. The molecular formula is C22H21NO4. The Morgan fingerprint density at radius 1 is 0.963 bits per heavy atom. The molecule has 3 aromatic carbocycles. The molecule has 1 N–H and O–H groups in total. The summed E-state index contributed by atoms with van der Waals surface area (Å²) in [6.45, 7) is 1.60. The molecule has 3 aromatic rings. The first-order chi connectivity index (χ1) is 13.0. The van der Waals surface area contributed by atoms with Crippen molar-refractivity contribution in [1.29, 1.82) is 0 Å². The molecule has 0 aliphatic heterocycles. The maximum atomic E-state index is 12.1. The standard InChI is InChI=1S/C22H21NO4/c1-15-7-10-20(26-2)18(11-15)13-22(25)27-14-21(24)23-19-9-8-16-5-3-4-6-17(16)12-19/h3-12H,13-14H2,1-2H3,(H,23,24). The van der Waals surface area contributed by atoms with Crippen molar-refractivity contribution >= 4 is 28.3 Å². The molecule has 0 aliphatic carbocycles. The van der Waals surface area contributed by atoms with Crippen LogP contribution in [-0.2, 0) is 20.7 Å². The number of hydrogen-bond acceptors (Lipinski definition) is 4. The van der Waals surface area contributed by atoms with Gasteiger partial charge in [0.15, 0.2) is 6.61 Å². The molecule has 0 saturated heterocycles. The largest absolute Gasteiger partial charge is 0.496 e. The second kappa shape index (κ2) is 8.36. The van der Waals surface area contributed by atoms with Crippen LogP contribution >= 0.6 is 0 Å². The van der Waals surface area contributed by atoms with Gasteiger partial charge in [-0.3, -0.25) is 9.59 Å². The minimum Gasteiger partial charge on any atom is -0.496 e. The maximum absolute atomic E-state index is 12.1. The van der Waals surface area contributed by atoms with Gasteiger partial charge in [-0.2, -0.15) is 0 Å². The van der Waals surface area contributed by atoms with Crippen LogP contribution in [0.5, 0.6) is 5.75 Å². The van der Waals surface area contributed by atoms with Crippen LogP contribution in [0.25, 0.3) is 10.8 Å². The van der Waals surface area contributed by atoms with E-state index >= 15 is 0 Å². The van der Waals surface area contributed by atoms with Crippen molar-refractivity contribution in [1.82, 2.24) is 0 Å². The van der Waals surface area contributed by atoms with Crippen molar-refractivity contribution in [3.63, 3.8) is 0 Å². The molecule has 27 heavy (non-hydrogen) atoms. The summed E-state index contributed by atoms with van der Waals surface area (Å²) in [4.78, 5) is 24.1. The Balaban J connectivity index is 1.55. The molecule has 0 fully saturated rings. The zero-order valence-corrected chi connectivity index (χ0v) is 15.3. The number of esters is 1. The molecule has 5 nitrogen and oxygen atoms in total. The lowest BCUT2D eigenvalue weighted by molar-refractivity contribution is -0.146. The molecular weight excluding hydrogens is 342 g/mol. The zero-order chi connectivity index (χ0) is 19.2. The van der Waals surface area contributed by atoms with Crippen LogP contribution in [0.2, 0.25) is 0 Å². The van der Waals surface area contributed by atoms with E-state index in [2.05, 4.69) is 5.32 Å². The average molecular weight is 363 g/mol. The van der Waals surface area contributed by atoms with Crippen molar-refractivity contribution < 1.29 is 19.1 Å². The molecule has 0 saturated carbocycles. The number of methoxy groups -OCH3 is 1. The lowest BCUT2D eigenvalue weighted by atomic mass is 10.1. The first kappa shape index (κ1) is 18.5. The second-order valence-corrected chi connectivity index (χ2v) is 6.26. The Bertz CT molecular complexity index is 981. The number of ether oxygens (including phenoxy) is 2. The number of carbonyl (C=O) groups excluding carboxylic acids is 2. The summed E-state index contributed by atoms with van der Waals surface area (Å²) < 4.78 is 10.4. The van der Waals surface area contributed by atoms with Gasteiger partial charge in [-0.05, 0) is 35.9 Å². The number of carbonyl (C=O) groups is 2. The summed E-state index contributed by atoms with van der Waals surface area (Å²) in [5, 5.41) is 4.86. The highest BCUT2D eigenvalue weighted by Crippen LogP contribution is 2.21. The summed E-state index contributed by atoms with van der Waals surface area (Å²) >= 11 is 0. The summed E-state index contributed by atoms with van der Waals surface area (Å²) in [6, 6.07) is 19.1. The maximum Gasteiger partial charge on any atom is 0.310 e. The lowest BCUT2D eigenvalue weighted by Gasteiger charge is -2.10. The third kappa shape index (κ3) is 4.85. The molecule has 0 atom stereocenters. The molecule has 0 radical (unpaired) electrons. The van der Waals surface area contributed by atoms with Gasteiger partial charge in [0, 0.05) is 11.3 Å². The predicted octanol–water partition coefficient (Wildman–Crippen LogP) is 3.88. The Hall–Kier alpha value is -3.34. The minimum atomic E-state index is -0.479. The predicted molar refractivity (Wildman–Crippen MR) is 105 cm³/mol. The molecule has 5 heteroatoms. The fourth-order valence-corrected chi connectivity index (χ4v) is 2.86. The van der Waals surface area contributed by atoms with E-state index in [9.17, 15) is 9.59 Å².